The highest BCUT2D eigenvalue weighted by Crippen LogP contribution is 2.62. The summed E-state index contributed by atoms with van der Waals surface area (Å²) in [7, 11) is 0. The van der Waals surface area contributed by atoms with Crippen molar-refractivity contribution in [2.24, 2.45) is 23.2 Å². The van der Waals surface area contributed by atoms with Gasteiger partial charge in [-0.3, -0.25) is 0 Å². The molecule has 3 aliphatic rings. The minimum absolute atomic E-state index is 0.328. The van der Waals surface area contributed by atoms with E-state index in [-0.39, 0.29) is 0 Å². The summed E-state index contributed by atoms with van der Waals surface area (Å²) in [6.07, 6.45) is 15.3. The lowest BCUT2D eigenvalue weighted by Gasteiger charge is -2.48. The van der Waals surface area contributed by atoms with Crippen molar-refractivity contribution in [2.45, 2.75) is 38.5 Å². The van der Waals surface area contributed by atoms with Crippen LogP contribution in [0.25, 0.3) is 6.08 Å². The van der Waals surface area contributed by atoms with Gasteiger partial charge in [-0.2, -0.15) is 0 Å². The van der Waals surface area contributed by atoms with Gasteiger partial charge < -0.3 is 5.11 Å². The summed E-state index contributed by atoms with van der Waals surface area (Å²) in [5, 5.41) is 9.69. The first-order chi connectivity index (χ1) is 10.1. The number of hydrogen-bond acceptors (Lipinski definition) is 1. The van der Waals surface area contributed by atoms with Crippen molar-refractivity contribution in [3.05, 3.63) is 35.4 Å². The minimum atomic E-state index is 0.328. The average Bonchev–Trinajstić information content (AvgIpc) is 2.83. The van der Waals surface area contributed by atoms with Crippen molar-refractivity contribution in [1.29, 1.82) is 0 Å². The highest BCUT2D eigenvalue weighted by Gasteiger charge is 2.53. The molecule has 1 aromatic rings. The summed E-state index contributed by atoms with van der Waals surface area (Å²) in [6.45, 7) is 2.42. The van der Waals surface area contributed by atoms with E-state index in [0.29, 0.717) is 28.9 Å². The fourth-order valence-electron chi connectivity index (χ4n) is 5.36. The molecular weight excluding hydrogens is 256 g/mol. The molecule has 0 bridgehead atoms. The van der Waals surface area contributed by atoms with Gasteiger partial charge in [-0.1, -0.05) is 25.1 Å². The lowest BCUT2D eigenvalue weighted by atomic mass is 9.56. The number of phenols is 1. The van der Waals surface area contributed by atoms with Gasteiger partial charge in [0.1, 0.15) is 5.75 Å². The third kappa shape index (κ3) is 1.72. The van der Waals surface area contributed by atoms with E-state index in [4.69, 9.17) is 6.42 Å². The fourth-order valence-corrected chi connectivity index (χ4v) is 5.36. The largest absolute Gasteiger partial charge is 0.508 e. The molecule has 0 saturated heterocycles. The second-order valence-corrected chi connectivity index (χ2v) is 7.30. The summed E-state index contributed by atoms with van der Waals surface area (Å²) >= 11 is 0. The Kier molecular flexibility index (Phi) is 2.73. The molecule has 21 heavy (non-hydrogen) atoms. The molecule has 1 aromatic carbocycles. The predicted octanol–water partition coefficient (Wildman–Crippen LogP) is 4.58. The first kappa shape index (κ1) is 13.0. The molecule has 0 amide bonds. The summed E-state index contributed by atoms with van der Waals surface area (Å²) < 4.78 is 0. The number of allylic oxidation sites excluding steroid dienone is 1. The standard InChI is InChI=1S/C20H22O/c1-3-14-5-9-19-18-7-4-13-12-15(21)6-8-16(13)17(18)10-11-20(14,19)2/h1,4,6-8,12,14,17-19,21H,5,9-11H2,2H3/t14?,17?,18?,19?,20-/m1/s1. The SMILES string of the molecule is C#CC1CCC2C3C=Cc4cc(O)ccc4C3CC[C@]12C. The van der Waals surface area contributed by atoms with E-state index in [1.807, 2.05) is 12.1 Å². The van der Waals surface area contributed by atoms with Crippen LogP contribution in [0.3, 0.4) is 0 Å². The molecule has 2 saturated carbocycles. The van der Waals surface area contributed by atoms with Crippen LogP contribution < -0.4 is 0 Å². The molecule has 4 unspecified atom stereocenters. The van der Waals surface area contributed by atoms with Crippen molar-refractivity contribution >= 4 is 6.08 Å². The average molecular weight is 278 g/mol. The van der Waals surface area contributed by atoms with Crippen molar-refractivity contribution in [1.82, 2.24) is 0 Å². The molecule has 0 aromatic heterocycles. The lowest BCUT2D eigenvalue weighted by Crippen LogP contribution is -2.40. The topological polar surface area (TPSA) is 20.2 Å². The van der Waals surface area contributed by atoms with Gasteiger partial charge in [0.05, 0.1) is 0 Å². The van der Waals surface area contributed by atoms with Crippen LogP contribution in [0.4, 0.5) is 0 Å². The van der Waals surface area contributed by atoms with Crippen molar-refractivity contribution in [2.75, 3.05) is 0 Å². The van der Waals surface area contributed by atoms with Gasteiger partial charge in [-0.25, -0.2) is 0 Å². The maximum absolute atomic E-state index is 9.69. The molecule has 0 radical (unpaired) electrons. The highest BCUT2D eigenvalue weighted by molar-refractivity contribution is 5.61. The molecular formula is C20H22O. The third-order valence-corrected chi connectivity index (χ3v) is 6.50. The van der Waals surface area contributed by atoms with Crippen LogP contribution in [0.5, 0.6) is 5.75 Å². The molecule has 1 heteroatoms. The Morgan fingerprint density at radius 2 is 2.14 bits per heavy atom. The quantitative estimate of drug-likeness (QED) is 0.689. The van der Waals surface area contributed by atoms with Crippen molar-refractivity contribution < 1.29 is 5.11 Å². The second-order valence-electron chi connectivity index (χ2n) is 7.30. The van der Waals surface area contributed by atoms with Crippen LogP contribution in [0.1, 0.15) is 49.7 Å². The van der Waals surface area contributed by atoms with E-state index in [0.717, 1.165) is 5.92 Å². The van der Waals surface area contributed by atoms with E-state index in [2.05, 4.69) is 31.1 Å². The normalized spacial score (nSPS) is 40.0. The molecule has 3 aliphatic carbocycles. The molecule has 0 aliphatic heterocycles. The Balaban J connectivity index is 1.74. The lowest BCUT2D eigenvalue weighted by molar-refractivity contribution is 0.0740. The Morgan fingerprint density at radius 1 is 1.29 bits per heavy atom. The first-order valence-corrected chi connectivity index (χ1v) is 8.11. The summed E-state index contributed by atoms with van der Waals surface area (Å²) in [6, 6.07) is 5.86. The van der Waals surface area contributed by atoms with Crippen LogP contribution in [0, 0.1) is 35.5 Å². The second kappa shape index (κ2) is 4.41. The fraction of sp³-hybridized carbons (Fsp3) is 0.500. The molecule has 1 N–H and O–H groups in total. The van der Waals surface area contributed by atoms with Gasteiger partial charge in [-0.05, 0) is 72.1 Å². The van der Waals surface area contributed by atoms with Crippen LogP contribution in [-0.2, 0) is 0 Å². The van der Waals surface area contributed by atoms with Gasteiger partial charge in [0.25, 0.3) is 0 Å². The number of phenolic OH excluding ortho intramolecular Hbond substituents is 1. The van der Waals surface area contributed by atoms with E-state index >= 15 is 0 Å². The number of terminal acetylenes is 1. The number of fused-ring (bicyclic) bond motifs is 5. The maximum Gasteiger partial charge on any atom is 0.116 e. The van der Waals surface area contributed by atoms with Crippen molar-refractivity contribution in [3.63, 3.8) is 0 Å². The Labute approximate surface area is 127 Å². The smallest absolute Gasteiger partial charge is 0.116 e. The Hall–Kier alpha value is -1.68. The minimum Gasteiger partial charge on any atom is -0.508 e. The van der Waals surface area contributed by atoms with Gasteiger partial charge in [0.2, 0.25) is 0 Å². The zero-order chi connectivity index (χ0) is 14.6. The number of benzene rings is 1. The summed E-state index contributed by atoms with van der Waals surface area (Å²) in [4.78, 5) is 0. The number of rotatable bonds is 0. The molecule has 2 fully saturated rings. The van der Waals surface area contributed by atoms with Gasteiger partial charge in [-0.15, -0.1) is 12.3 Å². The van der Waals surface area contributed by atoms with Crippen LogP contribution in [-0.4, -0.2) is 5.11 Å². The van der Waals surface area contributed by atoms with Crippen molar-refractivity contribution in [3.8, 4) is 18.1 Å². The van der Waals surface area contributed by atoms with Gasteiger partial charge in [0.15, 0.2) is 0 Å². The summed E-state index contributed by atoms with van der Waals surface area (Å²) in [5.74, 6) is 5.85. The Morgan fingerprint density at radius 3 is 2.95 bits per heavy atom. The number of aromatic hydroxyl groups is 1. The molecule has 108 valence electrons. The molecule has 4 rings (SSSR count). The highest BCUT2D eigenvalue weighted by atomic mass is 16.3. The number of hydrogen-bond donors (Lipinski definition) is 1. The first-order valence-electron chi connectivity index (χ1n) is 8.11. The monoisotopic (exact) mass is 278 g/mol. The van der Waals surface area contributed by atoms with Gasteiger partial charge >= 0.3 is 0 Å². The van der Waals surface area contributed by atoms with Crippen LogP contribution >= 0.6 is 0 Å². The summed E-state index contributed by atoms with van der Waals surface area (Å²) in [5.41, 5.74) is 2.95. The Bertz CT molecular complexity index is 650. The van der Waals surface area contributed by atoms with E-state index in [9.17, 15) is 5.11 Å². The van der Waals surface area contributed by atoms with Crippen LogP contribution in [0.15, 0.2) is 24.3 Å². The van der Waals surface area contributed by atoms with E-state index in [1.165, 1.54) is 36.8 Å². The van der Waals surface area contributed by atoms with Gasteiger partial charge in [0, 0.05) is 5.92 Å². The maximum atomic E-state index is 9.69. The molecule has 1 nitrogen and oxygen atoms in total. The zero-order valence-electron chi connectivity index (χ0n) is 12.5. The predicted molar refractivity (Wildman–Crippen MR) is 85.8 cm³/mol. The molecule has 0 heterocycles. The van der Waals surface area contributed by atoms with E-state index in [1.54, 1.807) is 0 Å². The molecule has 5 atom stereocenters. The van der Waals surface area contributed by atoms with Crippen LogP contribution in [0.2, 0.25) is 0 Å². The van der Waals surface area contributed by atoms with E-state index < -0.39 is 0 Å². The molecule has 0 spiro atoms. The zero-order valence-corrected chi connectivity index (χ0v) is 12.5. The third-order valence-electron chi connectivity index (χ3n) is 6.50.